The van der Waals surface area contributed by atoms with Crippen LogP contribution >= 0.6 is 0 Å². The van der Waals surface area contributed by atoms with E-state index in [-0.39, 0.29) is 17.1 Å². The summed E-state index contributed by atoms with van der Waals surface area (Å²) in [7, 11) is 1.43. The van der Waals surface area contributed by atoms with Gasteiger partial charge in [0.15, 0.2) is 0 Å². The summed E-state index contributed by atoms with van der Waals surface area (Å²) in [5.74, 6) is -1.12. The molecule has 0 saturated heterocycles. The van der Waals surface area contributed by atoms with Gasteiger partial charge in [-0.2, -0.15) is 0 Å². The number of methoxy groups -OCH3 is 1. The summed E-state index contributed by atoms with van der Waals surface area (Å²) < 4.78 is 5.01. The lowest BCUT2D eigenvalue weighted by Crippen LogP contribution is -2.01. The number of aromatic carboxylic acids is 1. The fourth-order valence-electron chi connectivity index (χ4n) is 1.92. The number of phenols is 2. The summed E-state index contributed by atoms with van der Waals surface area (Å²) in [6.07, 6.45) is 3.18. The SMILES string of the molecule is COc1cc(O)c(C(=O)O)c(C=Cc2cccc(O)c2)c1. The molecule has 5 heteroatoms. The van der Waals surface area contributed by atoms with E-state index in [0.29, 0.717) is 16.9 Å². The Morgan fingerprint density at radius 1 is 1.14 bits per heavy atom. The normalized spacial score (nSPS) is 10.7. The fourth-order valence-corrected chi connectivity index (χ4v) is 1.92. The van der Waals surface area contributed by atoms with E-state index in [9.17, 15) is 20.1 Å². The van der Waals surface area contributed by atoms with Crippen molar-refractivity contribution in [3.63, 3.8) is 0 Å². The largest absolute Gasteiger partial charge is 0.508 e. The molecule has 2 rings (SSSR count). The molecule has 2 aromatic carbocycles. The van der Waals surface area contributed by atoms with E-state index in [2.05, 4.69) is 0 Å². The fraction of sp³-hybridized carbons (Fsp3) is 0.0625. The van der Waals surface area contributed by atoms with Gasteiger partial charge in [0.05, 0.1) is 7.11 Å². The lowest BCUT2D eigenvalue weighted by Gasteiger charge is -2.08. The van der Waals surface area contributed by atoms with E-state index in [0.717, 1.165) is 0 Å². The number of phenolic OH excluding ortho intramolecular Hbond substituents is 1. The predicted molar refractivity (Wildman–Crippen MR) is 78.7 cm³/mol. The van der Waals surface area contributed by atoms with Gasteiger partial charge < -0.3 is 20.1 Å². The van der Waals surface area contributed by atoms with Crippen LogP contribution in [-0.2, 0) is 0 Å². The molecule has 108 valence electrons. The maximum atomic E-state index is 11.2. The minimum absolute atomic E-state index is 0.115. The Bertz CT molecular complexity index is 704. The smallest absolute Gasteiger partial charge is 0.340 e. The van der Waals surface area contributed by atoms with Crippen molar-refractivity contribution in [1.29, 1.82) is 0 Å². The minimum Gasteiger partial charge on any atom is -0.508 e. The lowest BCUT2D eigenvalue weighted by atomic mass is 10.0. The molecular formula is C16H14O5. The zero-order valence-electron chi connectivity index (χ0n) is 11.3. The van der Waals surface area contributed by atoms with Crippen molar-refractivity contribution in [3.8, 4) is 17.2 Å². The van der Waals surface area contributed by atoms with Crippen molar-refractivity contribution in [2.75, 3.05) is 7.11 Å². The second-order valence-electron chi connectivity index (χ2n) is 4.34. The Hall–Kier alpha value is -2.95. The zero-order chi connectivity index (χ0) is 15.4. The molecule has 21 heavy (non-hydrogen) atoms. The van der Waals surface area contributed by atoms with Gasteiger partial charge in [-0.15, -0.1) is 0 Å². The van der Waals surface area contributed by atoms with Crippen LogP contribution in [-0.4, -0.2) is 28.4 Å². The molecule has 0 amide bonds. The number of benzene rings is 2. The zero-order valence-corrected chi connectivity index (χ0v) is 11.3. The van der Waals surface area contributed by atoms with Crippen molar-refractivity contribution in [3.05, 3.63) is 53.1 Å². The Morgan fingerprint density at radius 2 is 1.90 bits per heavy atom. The summed E-state index contributed by atoms with van der Waals surface area (Å²) in [6.45, 7) is 0. The van der Waals surface area contributed by atoms with Crippen molar-refractivity contribution >= 4 is 18.1 Å². The van der Waals surface area contributed by atoms with Crippen LogP contribution in [0.4, 0.5) is 0 Å². The van der Waals surface area contributed by atoms with E-state index in [1.807, 2.05) is 0 Å². The molecule has 5 nitrogen and oxygen atoms in total. The molecule has 0 spiro atoms. The molecule has 0 atom stereocenters. The van der Waals surface area contributed by atoms with Gasteiger partial charge in [0.1, 0.15) is 22.8 Å². The second kappa shape index (κ2) is 6.00. The van der Waals surface area contributed by atoms with Gasteiger partial charge >= 0.3 is 5.97 Å². The first-order valence-electron chi connectivity index (χ1n) is 6.12. The Labute approximate surface area is 121 Å². The topological polar surface area (TPSA) is 87.0 Å². The third-order valence-corrected chi connectivity index (χ3v) is 2.90. The molecule has 0 saturated carbocycles. The van der Waals surface area contributed by atoms with Crippen molar-refractivity contribution in [1.82, 2.24) is 0 Å². The lowest BCUT2D eigenvalue weighted by molar-refractivity contribution is 0.0693. The van der Waals surface area contributed by atoms with E-state index >= 15 is 0 Å². The molecule has 0 fully saturated rings. The van der Waals surface area contributed by atoms with Gasteiger partial charge in [-0.05, 0) is 29.3 Å². The maximum absolute atomic E-state index is 11.2. The van der Waals surface area contributed by atoms with Crippen LogP contribution in [0.1, 0.15) is 21.5 Å². The summed E-state index contributed by atoms with van der Waals surface area (Å²) in [4.78, 5) is 11.2. The average Bonchev–Trinajstić information content (AvgIpc) is 2.44. The van der Waals surface area contributed by atoms with Crippen LogP contribution in [0.15, 0.2) is 36.4 Å². The third kappa shape index (κ3) is 3.33. The summed E-state index contributed by atoms with van der Waals surface area (Å²) in [5, 5.41) is 28.3. The molecule has 0 radical (unpaired) electrons. The number of rotatable bonds is 4. The van der Waals surface area contributed by atoms with Crippen molar-refractivity contribution < 1.29 is 24.9 Å². The number of carbonyl (C=O) groups is 1. The molecule has 0 aliphatic heterocycles. The van der Waals surface area contributed by atoms with Crippen LogP contribution in [0.2, 0.25) is 0 Å². The molecule has 0 bridgehead atoms. The van der Waals surface area contributed by atoms with E-state index < -0.39 is 5.97 Å². The first kappa shape index (κ1) is 14.5. The van der Waals surface area contributed by atoms with Gasteiger partial charge in [-0.3, -0.25) is 0 Å². The Kier molecular flexibility index (Phi) is 4.13. The highest BCUT2D eigenvalue weighted by Gasteiger charge is 2.15. The molecule has 3 N–H and O–H groups in total. The van der Waals surface area contributed by atoms with Crippen LogP contribution in [0.25, 0.3) is 12.2 Å². The van der Waals surface area contributed by atoms with Crippen LogP contribution in [0, 0.1) is 0 Å². The number of carboxylic acid groups (broad SMARTS) is 1. The van der Waals surface area contributed by atoms with Crippen LogP contribution < -0.4 is 4.74 Å². The van der Waals surface area contributed by atoms with Gasteiger partial charge in [0.25, 0.3) is 0 Å². The molecule has 2 aromatic rings. The summed E-state index contributed by atoms with van der Waals surface area (Å²) in [5.41, 5.74) is 0.809. The number of aromatic hydroxyl groups is 2. The Morgan fingerprint density at radius 3 is 2.52 bits per heavy atom. The Balaban J connectivity index is 2.47. The van der Waals surface area contributed by atoms with Crippen molar-refractivity contribution in [2.45, 2.75) is 0 Å². The van der Waals surface area contributed by atoms with E-state index in [1.54, 1.807) is 24.3 Å². The second-order valence-corrected chi connectivity index (χ2v) is 4.34. The third-order valence-electron chi connectivity index (χ3n) is 2.90. The number of hydrogen-bond donors (Lipinski definition) is 3. The molecule has 0 aromatic heterocycles. The molecular weight excluding hydrogens is 272 g/mol. The first-order valence-corrected chi connectivity index (χ1v) is 6.12. The summed E-state index contributed by atoms with van der Waals surface area (Å²) in [6, 6.07) is 9.28. The highest BCUT2D eigenvalue weighted by atomic mass is 16.5. The number of carboxylic acids is 1. The van der Waals surface area contributed by atoms with E-state index in [4.69, 9.17) is 4.74 Å². The molecule has 0 aliphatic carbocycles. The monoisotopic (exact) mass is 286 g/mol. The molecule has 0 aliphatic rings. The summed E-state index contributed by atoms with van der Waals surface area (Å²) >= 11 is 0. The highest BCUT2D eigenvalue weighted by molar-refractivity contribution is 5.96. The van der Waals surface area contributed by atoms with Gasteiger partial charge in [-0.25, -0.2) is 4.79 Å². The maximum Gasteiger partial charge on any atom is 0.340 e. The van der Waals surface area contributed by atoms with Gasteiger partial charge in [-0.1, -0.05) is 24.3 Å². The average molecular weight is 286 g/mol. The van der Waals surface area contributed by atoms with Gasteiger partial charge in [0.2, 0.25) is 0 Å². The molecule has 0 heterocycles. The predicted octanol–water partition coefficient (Wildman–Crippen LogP) is 2.98. The van der Waals surface area contributed by atoms with E-state index in [1.165, 1.54) is 31.4 Å². The number of hydrogen-bond acceptors (Lipinski definition) is 4. The standard InChI is InChI=1S/C16H14O5/c1-21-13-8-11(15(16(19)20)14(18)9-13)6-5-10-3-2-4-12(17)7-10/h2-9,17-18H,1H3,(H,19,20). The van der Waals surface area contributed by atoms with Crippen LogP contribution in [0.3, 0.4) is 0 Å². The van der Waals surface area contributed by atoms with Crippen LogP contribution in [0.5, 0.6) is 17.2 Å². The van der Waals surface area contributed by atoms with Gasteiger partial charge in [0, 0.05) is 6.07 Å². The minimum atomic E-state index is -1.23. The molecule has 0 unspecified atom stereocenters. The highest BCUT2D eigenvalue weighted by Crippen LogP contribution is 2.29. The quantitative estimate of drug-likeness (QED) is 0.752. The van der Waals surface area contributed by atoms with Crippen molar-refractivity contribution in [2.24, 2.45) is 0 Å². The number of ether oxygens (including phenoxy) is 1. The first-order chi connectivity index (χ1) is 10.0.